The number of rotatable bonds is 9. The van der Waals surface area contributed by atoms with Crippen LogP contribution in [-0.4, -0.2) is 35.0 Å². The van der Waals surface area contributed by atoms with Crippen molar-refractivity contribution < 1.29 is 14.3 Å². The van der Waals surface area contributed by atoms with Crippen molar-refractivity contribution in [3.05, 3.63) is 66.0 Å². The molecule has 0 spiro atoms. The molecular weight excluding hydrogens is 350 g/mol. The number of ether oxygens (including phenoxy) is 1. The zero-order valence-corrected chi connectivity index (χ0v) is 15.5. The number of pyridine rings is 1. The number of carbonyl (C=O) groups excluding carboxylic acids is 2. The van der Waals surface area contributed by atoms with Gasteiger partial charge < -0.3 is 15.4 Å². The molecule has 0 aliphatic carbocycles. The van der Waals surface area contributed by atoms with E-state index >= 15 is 0 Å². The first-order valence-corrected chi connectivity index (χ1v) is 9.71. The highest BCUT2D eigenvalue weighted by Gasteiger charge is 2.21. The van der Waals surface area contributed by atoms with Gasteiger partial charge in [0.15, 0.2) is 0 Å². The number of benzene rings is 1. The van der Waals surface area contributed by atoms with Crippen LogP contribution in [0.5, 0.6) is 0 Å². The van der Waals surface area contributed by atoms with E-state index in [-0.39, 0.29) is 12.5 Å². The van der Waals surface area contributed by atoms with Crippen LogP contribution >= 0.6 is 11.8 Å². The molecule has 6 nitrogen and oxygen atoms in total. The molecule has 0 aliphatic rings. The third-order valence-electron chi connectivity index (χ3n) is 3.62. The largest absolute Gasteiger partial charge is 0.445 e. The smallest absolute Gasteiger partial charge is 0.408 e. The van der Waals surface area contributed by atoms with Crippen molar-refractivity contribution in [3.8, 4) is 0 Å². The molecule has 2 N–H and O–H groups in total. The Hall–Kier alpha value is -2.54. The average molecular weight is 373 g/mol. The third-order valence-corrected chi connectivity index (χ3v) is 4.27. The summed E-state index contributed by atoms with van der Waals surface area (Å²) in [6, 6.07) is 12.5. The van der Waals surface area contributed by atoms with Crippen molar-refractivity contribution in [1.82, 2.24) is 15.6 Å². The molecular formula is C19H23N3O3S. The molecule has 0 bridgehead atoms. The summed E-state index contributed by atoms with van der Waals surface area (Å²) in [6.45, 7) is 0.530. The summed E-state index contributed by atoms with van der Waals surface area (Å²) in [5, 5.41) is 5.48. The van der Waals surface area contributed by atoms with Gasteiger partial charge in [-0.2, -0.15) is 11.8 Å². The highest BCUT2D eigenvalue weighted by atomic mass is 32.2. The second kappa shape index (κ2) is 11.1. The lowest BCUT2D eigenvalue weighted by molar-refractivity contribution is -0.123. The number of nitrogens with one attached hydrogen (secondary N) is 2. The van der Waals surface area contributed by atoms with Crippen LogP contribution in [-0.2, 0) is 22.7 Å². The van der Waals surface area contributed by atoms with Crippen molar-refractivity contribution in [2.75, 3.05) is 12.0 Å². The molecule has 1 heterocycles. The van der Waals surface area contributed by atoms with Gasteiger partial charge in [-0.25, -0.2) is 4.79 Å². The lowest BCUT2D eigenvalue weighted by Crippen LogP contribution is -2.47. The maximum atomic E-state index is 12.4. The summed E-state index contributed by atoms with van der Waals surface area (Å²) in [6.07, 6.45) is 5.26. The zero-order chi connectivity index (χ0) is 18.6. The van der Waals surface area contributed by atoms with Gasteiger partial charge in [-0.3, -0.25) is 9.78 Å². The number of amides is 2. The van der Waals surface area contributed by atoms with Crippen molar-refractivity contribution >= 4 is 23.8 Å². The number of aromatic nitrogens is 1. The molecule has 2 amide bonds. The molecule has 26 heavy (non-hydrogen) atoms. The van der Waals surface area contributed by atoms with Crippen LogP contribution < -0.4 is 10.6 Å². The van der Waals surface area contributed by atoms with Gasteiger partial charge in [0.25, 0.3) is 0 Å². The Morgan fingerprint density at radius 2 is 1.92 bits per heavy atom. The minimum absolute atomic E-state index is 0.166. The first-order valence-electron chi connectivity index (χ1n) is 8.32. The highest BCUT2D eigenvalue weighted by molar-refractivity contribution is 7.98. The van der Waals surface area contributed by atoms with E-state index in [0.717, 1.165) is 16.9 Å². The van der Waals surface area contributed by atoms with Crippen molar-refractivity contribution in [2.24, 2.45) is 0 Å². The summed E-state index contributed by atoms with van der Waals surface area (Å²) < 4.78 is 5.20. The monoisotopic (exact) mass is 373 g/mol. The number of hydrogen-bond donors (Lipinski definition) is 2. The molecule has 1 aromatic carbocycles. The van der Waals surface area contributed by atoms with E-state index in [1.165, 1.54) is 0 Å². The molecule has 0 radical (unpaired) electrons. The number of thioether (sulfide) groups is 1. The summed E-state index contributed by atoms with van der Waals surface area (Å²) in [5.74, 6) is 0.517. The zero-order valence-electron chi connectivity index (χ0n) is 14.7. The van der Waals surface area contributed by atoms with E-state index in [4.69, 9.17) is 4.74 Å². The summed E-state index contributed by atoms with van der Waals surface area (Å²) in [4.78, 5) is 28.5. The van der Waals surface area contributed by atoms with Crippen LogP contribution in [0.25, 0.3) is 0 Å². The van der Waals surface area contributed by atoms with Gasteiger partial charge in [-0.15, -0.1) is 0 Å². The van der Waals surface area contributed by atoms with Gasteiger partial charge in [0, 0.05) is 18.9 Å². The fraction of sp³-hybridized carbons (Fsp3) is 0.316. The van der Waals surface area contributed by atoms with Crippen LogP contribution in [0.3, 0.4) is 0 Å². The van der Waals surface area contributed by atoms with E-state index < -0.39 is 12.1 Å². The van der Waals surface area contributed by atoms with Crippen LogP contribution in [0.2, 0.25) is 0 Å². The predicted octanol–water partition coefficient (Wildman–Crippen LogP) is 2.75. The topological polar surface area (TPSA) is 80.3 Å². The van der Waals surface area contributed by atoms with E-state index in [9.17, 15) is 9.59 Å². The fourth-order valence-electron chi connectivity index (χ4n) is 2.23. The first-order chi connectivity index (χ1) is 12.7. The Morgan fingerprint density at radius 3 is 2.62 bits per heavy atom. The predicted molar refractivity (Wildman–Crippen MR) is 103 cm³/mol. The Morgan fingerprint density at radius 1 is 1.15 bits per heavy atom. The van der Waals surface area contributed by atoms with Crippen LogP contribution in [0, 0.1) is 0 Å². The number of hydrogen-bond acceptors (Lipinski definition) is 5. The maximum Gasteiger partial charge on any atom is 0.408 e. The molecule has 2 aromatic rings. The van der Waals surface area contributed by atoms with E-state index in [2.05, 4.69) is 15.6 Å². The second-order valence-corrected chi connectivity index (χ2v) is 6.60. The molecule has 0 aliphatic heterocycles. The standard InChI is InChI=1S/C19H23N3O3S/c1-26-11-9-17(18(23)21-13-16-8-5-10-20-12-16)22-19(24)25-14-15-6-3-2-4-7-15/h2-8,10,12,17H,9,11,13-14H2,1H3,(H,21,23)(H,22,24)/t17-/m1/s1. The van der Waals surface area contributed by atoms with Crippen molar-refractivity contribution in [2.45, 2.75) is 25.6 Å². The molecule has 7 heteroatoms. The molecule has 0 fully saturated rings. The second-order valence-electron chi connectivity index (χ2n) is 5.62. The minimum atomic E-state index is -0.637. The first kappa shape index (κ1) is 19.8. The van der Waals surface area contributed by atoms with Gasteiger partial charge >= 0.3 is 6.09 Å². The van der Waals surface area contributed by atoms with Crippen LogP contribution in [0.4, 0.5) is 4.79 Å². The Labute approximate surface area is 157 Å². The molecule has 0 saturated carbocycles. The molecule has 2 rings (SSSR count). The Kier molecular flexibility index (Phi) is 8.48. The van der Waals surface area contributed by atoms with Crippen molar-refractivity contribution in [1.29, 1.82) is 0 Å². The van der Waals surface area contributed by atoms with E-state index in [0.29, 0.717) is 13.0 Å². The molecule has 0 saturated heterocycles. The SMILES string of the molecule is CSCC[C@@H](NC(=O)OCc1ccccc1)C(=O)NCc1cccnc1. The Bertz CT molecular complexity index is 683. The highest BCUT2D eigenvalue weighted by Crippen LogP contribution is 2.04. The lowest BCUT2D eigenvalue weighted by Gasteiger charge is -2.18. The quantitative estimate of drug-likeness (QED) is 0.706. The molecule has 138 valence electrons. The number of carbonyl (C=O) groups is 2. The van der Waals surface area contributed by atoms with Gasteiger partial charge in [0.2, 0.25) is 5.91 Å². The molecule has 0 unspecified atom stereocenters. The average Bonchev–Trinajstić information content (AvgIpc) is 2.69. The lowest BCUT2D eigenvalue weighted by atomic mass is 10.2. The van der Waals surface area contributed by atoms with E-state index in [1.54, 1.807) is 24.2 Å². The van der Waals surface area contributed by atoms with Gasteiger partial charge in [-0.05, 0) is 35.6 Å². The number of nitrogens with zero attached hydrogens (tertiary/aromatic N) is 1. The van der Waals surface area contributed by atoms with E-state index in [1.807, 2.05) is 48.7 Å². The van der Waals surface area contributed by atoms with Gasteiger partial charge in [0.1, 0.15) is 12.6 Å². The third kappa shape index (κ3) is 7.14. The van der Waals surface area contributed by atoms with Gasteiger partial charge in [-0.1, -0.05) is 36.4 Å². The maximum absolute atomic E-state index is 12.4. The van der Waals surface area contributed by atoms with Crippen LogP contribution in [0.1, 0.15) is 17.5 Å². The van der Waals surface area contributed by atoms with Gasteiger partial charge in [0.05, 0.1) is 0 Å². The molecule has 1 atom stereocenters. The normalized spacial score (nSPS) is 11.4. The fourth-order valence-corrected chi connectivity index (χ4v) is 2.70. The summed E-state index contributed by atoms with van der Waals surface area (Å²) >= 11 is 1.62. The Balaban J connectivity index is 1.84. The summed E-state index contributed by atoms with van der Waals surface area (Å²) in [7, 11) is 0. The summed E-state index contributed by atoms with van der Waals surface area (Å²) in [5.41, 5.74) is 1.79. The molecule has 1 aromatic heterocycles. The van der Waals surface area contributed by atoms with Crippen molar-refractivity contribution in [3.63, 3.8) is 0 Å². The minimum Gasteiger partial charge on any atom is -0.445 e. The van der Waals surface area contributed by atoms with Crippen LogP contribution in [0.15, 0.2) is 54.9 Å². The number of alkyl carbamates (subject to hydrolysis) is 1.